The lowest BCUT2D eigenvalue weighted by atomic mass is 9.85. The molecular formula is C21H36N4. The largest absolute Gasteiger partial charge is 0.357 e. The summed E-state index contributed by atoms with van der Waals surface area (Å²) in [5, 5.41) is 6.86. The van der Waals surface area contributed by atoms with Crippen LogP contribution in [-0.2, 0) is 5.41 Å². The van der Waals surface area contributed by atoms with E-state index in [1.807, 2.05) is 0 Å². The van der Waals surface area contributed by atoms with E-state index in [0.717, 1.165) is 25.6 Å². The van der Waals surface area contributed by atoms with Crippen LogP contribution in [0.2, 0.25) is 0 Å². The molecule has 1 heterocycles. The van der Waals surface area contributed by atoms with Crippen molar-refractivity contribution in [3.05, 3.63) is 35.9 Å². The van der Waals surface area contributed by atoms with E-state index >= 15 is 0 Å². The molecule has 4 heteroatoms. The van der Waals surface area contributed by atoms with Gasteiger partial charge >= 0.3 is 0 Å². The van der Waals surface area contributed by atoms with Crippen LogP contribution in [0.4, 0.5) is 0 Å². The molecule has 1 aliphatic heterocycles. The van der Waals surface area contributed by atoms with Gasteiger partial charge in [-0.1, -0.05) is 44.2 Å². The van der Waals surface area contributed by atoms with E-state index in [-0.39, 0.29) is 5.41 Å². The van der Waals surface area contributed by atoms with E-state index in [1.54, 1.807) is 0 Å². The maximum absolute atomic E-state index is 4.82. The van der Waals surface area contributed by atoms with Crippen LogP contribution in [0.25, 0.3) is 0 Å². The summed E-state index contributed by atoms with van der Waals surface area (Å²) in [7, 11) is 0. The molecule has 0 bridgehead atoms. The fourth-order valence-electron chi connectivity index (χ4n) is 3.27. The standard InChI is InChI=1S/C21H36N4/c1-4-22-20(23-14-8-9-15-25-16-10-11-17-25)24-18-21(2,3)19-12-6-5-7-13-19/h5-7,12-13H,4,8-11,14-18H2,1-3H3,(H2,22,23,24). The highest BCUT2D eigenvalue weighted by Crippen LogP contribution is 2.22. The predicted octanol–water partition coefficient (Wildman–Crippen LogP) is 3.40. The average Bonchev–Trinajstić information content (AvgIpc) is 3.13. The molecule has 2 rings (SSSR count). The quantitative estimate of drug-likeness (QED) is 0.410. The van der Waals surface area contributed by atoms with E-state index in [2.05, 4.69) is 66.6 Å². The van der Waals surface area contributed by atoms with Gasteiger partial charge in [0.05, 0.1) is 6.54 Å². The summed E-state index contributed by atoms with van der Waals surface area (Å²) in [6.45, 7) is 13.1. The van der Waals surface area contributed by atoms with E-state index in [9.17, 15) is 0 Å². The second-order valence-corrected chi connectivity index (χ2v) is 7.63. The monoisotopic (exact) mass is 344 g/mol. The van der Waals surface area contributed by atoms with Gasteiger partial charge in [-0.05, 0) is 57.8 Å². The number of rotatable bonds is 9. The third-order valence-corrected chi connectivity index (χ3v) is 4.92. The minimum atomic E-state index is 0.0410. The SMILES string of the molecule is CCNC(=NCC(C)(C)c1ccccc1)NCCCCN1CCCC1. The zero-order valence-corrected chi connectivity index (χ0v) is 16.4. The molecule has 0 saturated carbocycles. The zero-order valence-electron chi connectivity index (χ0n) is 16.4. The van der Waals surface area contributed by atoms with Crippen LogP contribution in [0, 0.1) is 0 Å². The van der Waals surface area contributed by atoms with Gasteiger partial charge in [-0.2, -0.15) is 0 Å². The Labute approximate surface area is 154 Å². The minimum absolute atomic E-state index is 0.0410. The number of aliphatic imine (C=N–C) groups is 1. The first-order valence-electron chi connectivity index (χ1n) is 9.92. The smallest absolute Gasteiger partial charge is 0.191 e. The summed E-state index contributed by atoms with van der Waals surface area (Å²) in [4.78, 5) is 7.41. The van der Waals surface area contributed by atoms with Gasteiger partial charge in [0.15, 0.2) is 5.96 Å². The van der Waals surface area contributed by atoms with Crippen molar-refractivity contribution in [3.8, 4) is 0 Å². The van der Waals surface area contributed by atoms with Gasteiger partial charge in [-0.3, -0.25) is 4.99 Å². The van der Waals surface area contributed by atoms with E-state index in [1.165, 1.54) is 50.9 Å². The normalized spacial score (nSPS) is 16.2. The molecule has 4 nitrogen and oxygen atoms in total. The molecule has 0 spiro atoms. The second kappa shape index (κ2) is 10.4. The lowest BCUT2D eigenvalue weighted by Gasteiger charge is -2.24. The van der Waals surface area contributed by atoms with Gasteiger partial charge in [0, 0.05) is 18.5 Å². The van der Waals surface area contributed by atoms with Gasteiger partial charge in [0.2, 0.25) is 0 Å². The van der Waals surface area contributed by atoms with Crippen molar-refractivity contribution in [3.63, 3.8) is 0 Å². The maximum Gasteiger partial charge on any atom is 0.191 e. The Balaban J connectivity index is 1.75. The van der Waals surface area contributed by atoms with Gasteiger partial charge in [0.25, 0.3) is 0 Å². The van der Waals surface area contributed by atoms with Crippen LogP contribution >= 0.6 is 0 Å². The molecule has 1 aliphatic rings. The van der Waals surface area contributed by atoms with Crippen molar-refractivity contribution in [1.29, 1.82) is 0 Å². The van der Waals surface area contributed by atoms with Gasteiger partial charge in [-0.15, -0.1) is 0 Å². The van der Waals surface area contributed by atoms with E-state index in [4.69, 9.17) is 4.99 Å². The molecule has 0 aliphatic carbocycles. The predicted molar refractivity (Wildman–Crippen MR) is 108 cm³/mol. The third-order valence-electron chi connectivity index (χ3n) is 4.92. The molecule has 0 unspecified atom stereocenters. The van der Waals surface area contributed by atoms with Crippen molar-refractivity contribution >= 4 is 5.96 Å². The van der Waals surface area contributed by atoms with E-state index < -0.39 is 0 Å². The molecule has 0 amide bonds. The maximum atomic E-state index is 4.82. The lowest BCUT2D eigenvalue weighted by molar-refractivity contribution is 0.330. The third kappa shape index (κ3) is 7.07. The Morgan fingerprint density at radius 2 is 1.80 bits per heavy atom. The number of benzene rings is 1. The Bertz CT molecular complexity index is 504. The molecule has 0 atom stereocenters. The summed E-state index contributed by atoms with van der Waals surface area (Å²) in [5.74, 6) is 0.938. The molecule has 1 aromatic rings. The number of hydrogen-bond donors (Lipinski definition) is 2. The average molecular weight is 345 g/mol. The van der Waals surface area contributed by atoms with Crippen molar-refractivity contribution < 1.29 is 0 Å². The minimum Gasteiger partial charge on any atom is -0.357 e. The molecule has 1 aromatic carbocycles. The molecule has 0 radical (unpaired) electrons. The summed E-state index contributed by atoms with van der Waals surface area (Å²) in [6.07, 6.45) is 5.23. The number of hydrogen-bond acceptors (Lipinski definition) is 2. The van der Waals surface area contributed by atoms with Crippen molar-refractivity contribution in [2.75, 3.05) is 39.3 Å². The molecule has 140 valence electrons. The van der Waals surface area contributed by atoms with Crippen molar-refractivity contribution in [1.82, 2.24) is 15.5 Å². The molecule has 0 aromatic heterocycles. The number of nitrogens with one attached hydrogen (secondary N) is 2. The highest BCUT2D eigenvalue weighted by Gasteiger charge is 2.20. The summed E-state index contributed by atoms with van der Waals surface area (Å²) in [6, 6.07) is 10.6. The first-order valence-corrected chi connectivity index (χ1v) is 9.92. The second-order valence-electron chi connectivity index (χ2n) is 7.63. The fraction of sp³-hybridized carbons (Fsp3) is 0.667. The van der Waals surface area contributed by atoms with Crippen LogP contribution in [0.3, 0.4) is 0 Å². The lowest BCUT2D eigenvalue weighted by Crippen LogP contribution is -2.39. The van der Waals surface area contributed by atoms with Crippen molar-refractivity contribution in [2.45, 2.75) is 51.9 Å². The summed E-state index contributed by atoms with van der Waals surface area (Å²) < 4.78 is 0. The first-order chi connectivity index (χ1) is 12.1. The van der Waals surface area contributed by atoms with Crippen molar-refractivity contribution in [2.24, 2.45) is 4.99 Å². The molecule has 1 fully saturated rings. The van der Waals surface area contributed by atoms with Gasteiger partial charge in [-0.25, -0.2) is 0 Å². The van der Waals surface area contributed by atoms with Crippen LogP contribution in [-0.4, -0.2) is 50.1 Å². The highest BCUT2D eigenvalue weighted by molar-refractivity contribution is 5.79. The topological polar surface area (TPSA) is 39.7 Å². The zero-order chi connectivity index (χ0) is 18.0. The molecule has 2 N–H and O–H groups in total. The number of likely N-dealkylation sites (tertiary alicyclic amines) is 1. The Kier molecular flexibility index (Phi) is 8.26. The molecule has 1 saturated heterocycles. The van der Waals surface area contributed by atoms with Crippen LogP contribution in [0.1, 0.15) is 52.0 Å². The van der Waals surface area contributed by atoms with Gasteiger partial charge in [0.1, 0.15) is 0 Å². The van der Waals surface area contributed by atoms with Crippen LogP contribution < -0.4 is 10.6 Å². The highest BCUT2D eigenvalue weighted by atomic mass is 15.2. The Morgan fingerprint density at radius 3 is 2.48 bits per heavy atom. The van der Waals surface area contributed by atoms with Crippen LogP contribution in [0.15, 0.2) is 35.3 Å². The summed E-state index contributed by atoms with van der Waals surface area (Å²) >= 11 is 0. The Morgan fingerprint density at radius 1 is 1.08 bits per heavy atom. The first kappa shape index (κ1) is 19.8. The molecule has 25 heavy (non-hydrogen) atoms. The number of guanidine groups is 1. The summed E-state index contributed by atoms with van der Waals surface area (Å²) in [5.41, 5.74) is 1.37. The van der Waals surface area contributed by atoms with Gasteiger partial charge < -0.3 is 15.5 Å². The molecular weight excluding hydrogens is 308 g/mol. The fourth-order valence-corrected chi connectivity index (χ4v) is 3.27. The Hall–Kier alpha value is -1.55. The number of unbranched alkanes of at least 4 members (excludes halogenated alkanes) is 1. The number of nitrogens with zero attached hydrogens (tertiary/aromatic N) is 2. The van der Waals surface area contributed by atoms with E-state index in [0.29, 0.717) is 0 Å². The van der Waals surface area contributed by atoms with Crippen LogP contribution in [0.5, 0.6) is 0 Å².